The number of nitrogens with two attached hydrogens (primary N) is 1. The van der Waals surface area contributed by atoms with E-state index in [9.17, 15) is 4.79 Å². The third-order valence-electron chi connectivity index (χ3n) is 5.90. The van der Waals surface area contributed by atoms with Gasteiger partial charge in [0.2, 0.25) is 0 Å². The number of nitrogens with one attached hydrogen (secondary N) is 1. The third kappa shape index (κ3) is 3.31. The molecule has 1 amide bonds. The Morgan fingerprint density at radius 2 is 2.03 bits per heavy atom. The zero-order valence-corrected chi connectivity index (χ0v) is 17.8. The molecule has 1 atom stereocenters. The Hall–Kier alpha value is -3.44. The van der Waals surface area contributed by atoms with Gasteiger partial charge in [-0.15, -0.1) is 11.6 Å². The minimum atomic E-state index is -0.0974. The van der Waals surface area contributed by atoms with Crippen molar-refractivity contribution < 1.29 is 9.53 Å². The molecule has 5 rings (SSSR count). The molecule has 6 heteroatoms. The fourth-order valence-electron chi connectivity index (χ4n) is 4.41. The van der Waals surface area contributed by atoms with Crippen LogP contribution in [0.1, 0.15) is 17.2 Å². The molecule has 0 aliphatic carbocycles. The highest BCUT2D eigenvalue weighted by atomic mass is 35.5. The average molecular weight is 432 g/mol. The van der Waals surface area contributed by atoms with Crippen molar-refractivity contribution in [2.75, 3.05) is 30.2 Å². The quantitative estimate of drug-likeness (QED) is 0.262. The van der Waals surface area contributed by atoms with E-state index in [0.29, 0.717) is 18.1 Å². The van der Waals surface area contributed by atoms with Gasteiger partial charge in [0.1, 0.15) is 5.75 Å². The third-order valence-corrected chi connectivity index (χ3v) is 6.28. The number of halogens is 1. The molecule has 156 valence electrons. The molecule has 1 aliphatic heterocycles. The standard InChI is InChI=1S/C25H22ClN3O2/c1-31-18-7-8-22-15(11-18)10-17(28-22)6-9-24(30)29-14-16(13-26)25-20-5-3-2-4-19(20)21(27)12-23(25)29/h2-12,16,28H,13-14,27H2,1H3/b9-6+. The summed E-state index contributed by atoms with van der Waals surface area (Å²) in [6, 6.07) is 17.7. The Bertz CT molecular complexity index is 1340. The molecule has 0 saturated carbocycles. The van der Waals surface area contributed by atoms with Crippen LogP contribution in [0.2, 0.25) is 0 Å². The van der Waals surface area contributed by atoms with E-state index in [2.05, 4.69) is 4.98 Å². The molecule has 1 unspecified atom stereocenters. The lowest BCUT2D eigenvalue weighted by Gasteiger charge is -2.16. The maximum atomic E-state index is 13.1. The zero-order valence-electron chi connectivity index (χ0n) is 17.1. The Morgan fingerprint density at radius 1 is 1.23 bits per heavy atom. The number of alkyl halides is 1. The van der Waals surface area contributed by atoms with Crippen LogP contribution in [-0.2, 0) is 4.79 Å². The molecular formula is C25H22ClN3O2. The van der Waals surface area contributed by atoms with Crippen LogP contribution in [0.4, 0.5) is 11.4 Å². The van der Waals surface area contributed by atoms with Gasteiger partial charge in [0.15, 0.2) is 0 Å². The number of aromatic nitrogens is 1. The molecule has 0 spiro atoms. The van der Waals surface area contributed by atoms with Crippen molar-refractivity contribution in [2.45, 2.75) is 5.92 Å². The zero-order chi connectivity index (χ0) is 21.5. The van der Waals surface area contributed by atoms with Crippen LogP contribution in [0.3, 0.4) is 0 Å². The molecule has 1 aliphatic rings. The first-order valence-corrected chi connectivity index (χ1v) is 10.7. The lowest BCUT2D eigenvalue weighted by molar-refractivity contribution is -0.114. The van der Waals surface area contributed by atoms with Gasteiger partial charge in [0.25, 0.3) is 5.91 Å². The van der Waals surface area contributed by atoms with E-state index in [1.807, 2.05) is 54.6 Å². The number of benzene rings is 3. The highest BCUT2D eigenvalue weighted by Crippen LogP contribution is 2.44. The average Bonchev–Trinajstić information content (AvgIpc) is 3.38. The van der Waals surface area contributed by atoms with Gasteiger partial charge in [0, 0.05) is 52.1 Å². The van der Waals surface area contributed by atoms with Crippen molar-refractivity contribution in [1.82, 2.24) is 4.98 Å². The van der Waals surface area contributed by atoms with Gasteiger partial charge in [-0.2, -0.15) is 0 Å². The number of nitrogens with zero attached hydrogens (tertiary/aromatic N) is 1. The van der Waals surface area contributed by atoms with Crippen LogP contribution in [0, 0.1) is 0 Å². The summed E-state index contributed by atoms with van der Waals surface area (Å²) in [6.45, 7) is 0.541. The van der Waals surface area contributed by atoms with E-state index in [4.69, 9.17) is 22.1 Å². The molecule has 4 aromatic rings. The second-order valence-electron chi connectivity index (χ2n) is 7.76. The Kier molecular flexibility index (Phi) is 4.83. The SMILES string of the molecule is COc1ccc2[nH]c(/C=C/C(=O)N3CC(CCl)c4c3cc(N)c3ccccc43)cc2c1. The number of methoxy groups -OCH3 is 1. The fourth-order valence-corrected chi connectivity index (χ4v) is 4.66. The monoisotopic (exact) mass is 431 g/mol. The molecule has 0 bridgehead atoms. The first-order chi connectivity index (χ1) is 15.1. The van der Waals surface area contributed by atoms with Gasteiger partial charge in [0.05, 0.1) is 12.8 Å². The highest BCUT2D eigenvalue weighted by Gasteiger charge is 2.33. The number of H-pyrrole nitrogens is 1. The number of amides is 1. The van der Waals surface area contributed by atoms with E-state index in [0.717, 1.165) is 44.4 Å². The smallest absolute Gasteiger partial charge is 0.251 e. The van der Waals surface area contributed by atoms with Crippen molar-refractivity contribution in [3.63, 3.8) is 0 Å². The van der Waals surface area contributed by atoms with E-state index < -0.39 is 0 Å². The van der Waals surface area contributed by atoms with Crippen molar-refractivity contribution in [2.24, 2.45) is 0 Å². The Balaban J connectivity index is 1.48. The number of carbonyl (C=O) groups excluding carboxylic acids is 1. The first-order valence-electron chi connectivity index (χ1n) is 10.1. The number of rotatable bonds is 4. The minimum Gasteiger partial charge on any atom is -0.497 e. The summed E-state index contributed by atoms with van der Waals surface area (Å²) >= 11 is 6.29. The van der Waals surface area contributed by atoms with E-state index in [-0.39, 0.29) is 11.8 Å². The van der Waals surface area contributed by atoms with Gasteiger partial charge < -0.3 is 20.4 Å². The summed E-state index contributed by atoms with van der Waals surface area (Å²) in [4.78, 5) is 18.2. The van der Waals surface area contributed by atoms with Crippen molar-refractivity contribution >= 4 is 56.6 Å². The number of aromatic amines is 1. The van der Waals surface area contributed by atoms with Gasteiger partial charge in [-0.3, -0.25) is 4.79 Å². The number of hydrogen-bond donors (Lipinski definition) is 2. The lowest BCUT2D eigenvalue weighted by Crippen LogP contribution is -2.28. The van der Waals surface area contributed by atoms with E-state index >= 15 is 0 Å². The Morgan fingerprint density at radius 3 is 2.81 bits per heavy atom. The minimum absolute atomic E-state index is 0.0695. The predicted octanol–water partition coefficient (Wildman–Crippen LogP) is 5.29. The summed E-state index contributed by atoms with van der Waals surface area (Å²) in [5.41, 5.74) is 10.7. The van der Waals surface area contributed by atoms with E-state index in [1.165, 1.54) is 0 Å². The number of nitrogen functional groups attached to an aromatic ring is 1. The van der Waals surface area contributed by atoms with Gasteiger partial charge >= 0.3 is 0 Å². The summed E-state index contributed by atoms with van der Waals surface area (Å²) in [5, 5.41) is 3.08. The number of ether oxygens (including phenoxy) is 1. The highest BCUT2D eigenvalue weighted by molar-refractivity contribution is 6.19. The van der Waals surface area contributed by atoms with Crippen LogP contribution in [0.5, 0.6) is 5.75 Å². The van der Waals surface area contributed by atoms with Crippen molar-refractivity contribution in [3.05, 3.63) is 71.9 Å². The molecule has 0 saturated heterocycles. The Labute approximate surface area is 185 Å². The molecule has 3 N–H and O–H groups in total. The summed E-state index contributed by atoms with van der Waals surface area (Å²) in [5.74, 6) is 1.21. The second kappa shape index (κ2) is 7.67. The molecule has 3 aromatic carbocycles. The maximum absolute atomic E-state index is 13.1. The van der Waals surface area contributed by atoms with E-state index in [1.54, 1.807) is 24.2 Å². The molecule has 31 heavy (non-hydrogen) atoms. The number of fused-ring (bicyclic) bond motifs is 4. The second-order valence-corrected chi connectivity index (χ2v) is 8.06. The first kappa shape index (κ1) is 19.5. The number of anilines is 2. The number of carbonyl (C=O) groups is 1. The summed E-state index contributed by atoms with van der Waals surface area (Å²) in [6.07, 6.45) is 3.39. The molecular weight excluding hydrogens is 410 g/mol. The molecule has 1 aromatic heterocycles. The van der Waals surface area contributed by atoms with Crippen LogP contribution < -0.4 is 15.4 Å². The summed E-state index contributed by atoms with van der Waals surface area (Å²) < 4.78 is 5.28. The number of hydrogen-bond acceptors (Lipinski definition) is 3. The normalized spacial score (nSPS) is 15.8. The molecule has 2 heterocycles. The molecule has 0 radical (unpaired) electrons. The van der Waals surface area contributed by atoms with Crippen LogP contribution in [0.15, 0.2) is 60.7 Å². The van der Waals surface area contributed by atoms with Crippen LogP contribution in [-0.4, -0.2) is 30.4 Å². The summed E-state index contributed by atoms with van der Waals surface area (Å²) in [7, 11) is 1.64. The van der Waals surface area contributed by atoms with Gasteiger partial charge in [-0.05, 0) is 47.4 Å². The molecule has 0 fully saturated rings. The van der Waals surface area contributed by atoms with Crippen molar-refractivity contribution in [3.8, 4) is 5.75 Å². The fraction of sp³-hybridized carbons (Fsp3) is 0.160. The topological polar surface area (TPSA) is 71.4 Å². The van der Waals surface area contributed by atoms with Crippen LogP contribution >= 0.6 is 11.6 Å². The lowest BCUT2D eigenvalue weighted by atomic mass is 9.95. The van der Waals surface area contributed by atoms with Crippen LogP contribution in [0.25, 0.3) is 27.8 Å². The van der Waals surface area contributed by atoms with Gasteiger partial charge in [-0.25, -0.2) is 0 Å². The van der Waals surface area contributed by atoms with Crippen molar-refractivity contribution in [1.29, 1.82) is 0 Å². The van der Waals surface area contributed by atoms with Gasteiger partial charge in [-0.1, -0.05) is 24.3 Å². The maximum Gasteiger partial charge on any atom is 0.251 e. The molecule has 5 nitrogen and oxygen atoms in total. The largest absolute Gasteiger partial charge is 0.497 e. The predicted molar refractivity (Wildman–Crippen MR) is 128 cm³/mol.